The van der Waals surface area contributed by atoms with Gasteiger partial charge < -0.3 is 9.64 Å². The average molecular weight is 335 g/mol. The second-order valence-corrected chi connectivity index (χ2v) is 6.01. The van der Waals surface area contributed by atoms with Crippen LogP contribution in [0.25, 0.3) is 0 Å². The molecule has 0 aromatic heterocycles. The third-order valence-corrected chi connectivity index (χ3v) is 3.80. The molecule has 3 nitrogen and oxygen atoms in total. The summed E-state index contributed by atoms with van der Waals surface area (Å²) in [6, 6.07) is 10.1. The van der Waals surface area contributed by atoms with Crippen LogP contribution < -0.4 is 4.74 Å². The normalized spacial score (nSPS) is 11.3. The molecular formula is C18H20ClFN2O. The lowest BCUT2D eigenvalue weighted by Gasteiger charge is -2.17. The van der Waals surface area contributed by atoms with Crippen LogP contribution in [-0.4, -0.2) is 24.3 Å². The highest BCUT2D eigenvalue weighted by Crippen LogP contribution is 2.35. The smallest absolute Gasteiger partial charge is 0.165 e. The zero-order valence-corrected chi connectivity index (χ0v) is 14.4. The Labute approximate surface area is 141 Å². The molecule has 0 saturated carbocycles. The van der Waals surface area contributed by atoms with E-state index in [-0.39, 0.29) is 5.75 Å². The lowest BCUT2D eigenvalue weighted by Crippen LogP contribution is -2.24. The van der Waals surface area contributed by atoms with Gasteiger partial charge in [-0.25, -0.2) is 9.38 Å². The molecule has 2 aromatic carbocycles. The number of aliphatic imine (C=N–C) groups is 1. The van der Waals surface area contributed by atoms with Gasteiger partial charge in [0.2, 0.25) is 0 Å². The van der Waals surface area contributed by atoms with E-state index in [0.29, 0.717) is 22.5 Å². The summed E-state index contributed by atoms with van der Waals surface area (Å²) >= 11 is 6.26. The maximum atomic E-state index is 13.7. The molecule has 0 atom stereocenters. The van der Waals surface area contributed by atoms with Crippen molar-refractivity contribution in [3.63, 3.8) is 0 Å². The Morgan fingerprint density at radius 1 is 1.22 bits per heavy atom. The van der Waals surface area contributed by atoms with Gasteiger partial charge in [0.15, 0.2) is 11.6 Å². The Morgan fingerprint density at radius 3 is 2.57 bits per heavy atom. The van der Waals surface area contributed by atoms with Crippen molar-refractivity contribution in [1.82, 2.24) is 4.90 Å². The lowest BCUT2D eigenvalue weighted by atomic mass is 10.2. The summed E-state index contributed by atoms with van der Waals surface area (Å²) in [6.45, 7) is 6.02. The van der Waals surface area contributed by atoms with E-state index in [1.165, 1.54) is 6.07 Å². The second kappa shape index (κ2) is 7.47. The number of hydrogen-bond acceptors (Lipinski definition) is 2. The van der Waals surface area contributed by atoms with Crippen LogP contribution in [0.15, 0.2) is 41.4 Å². The monoisotopic (exact) mass is 334 g/mol. The molecule has 2 rings (SSSR count). The van der Waals surface area contributed by atoms with E-state index < -0.39 is 5.82 Å². The second-order valence-electron chi connectivity index (χ2n) is 5.61. The highest BCUT2D eigenvalue weighted by Gasteiger charge is 2.10. The van der Waals surface area contributed by atoms with E-state index in [9.17, 15) is 4.39 Å². The number of hydrogen-bond donors (Lipinski definition) is 0. The van der Waals surface area contributed by atoms with Gasteiger partial charge in [0, 0.05) is 19.2 Å². The Balaban J connectivity index is 2.25. The highest BCUT2D eigenvalue weighted by atomic mass is 35.5. The molecule has 0 fully saturated rings. The van der Waals surface area contributed by atoms with Gasteiger partial charge in [-0.15, -0.1) is 0 Å². The van der Waals surface area contributed by atoms with Gasteiger partial charge in [-0.1, -0.05) is 23.7 Å². The number of halogens is 2. The van der Waals surface area contributed by atoms with E-state index in [4.69, 9.17) is 16.3 Å². The first kappa shape index (κ1) is 17.3. The number of nitrogens with zero attached hydrogens (tertiary/aromatic N) is 2. The molecule has 0 aliphatic rings. The Hall–Kier alpha value is -2.07. The van der Waals surface area contributed by atoms with E-state index in [0.717, 1.165) is 5.56 Å². The molecule has 0 aliphatic heterocycles. The van der Waals surface area contributed by atoms with Crippen LogP contribution in [0.3, 0.4) is 0 Å². The van der Waals surface area contributed by atoms with Crippen molar-refractivity contribution in [3.8, 4) is 11.5 Å². The molecule has 0 bridgehead atoms. The van der Waals surface area contributed by atoms with Crippen molar-refractivity contribution in [1.29, 1.82) is 0 Å². The molecule has 5 heteroatoms. The maximum absolute atomic E-state index is 13.7. The number of rotatable bonds is 5. The molecule has 122 valence electrons. The molecule has 0 spiro atoms. The maximum Gasteiger partial charge on any atom is 0.165 e. The van der Waals surface area contributed by atoms with E-state index in [1.807, 2.05) is 24.9 Å². The van der Waals surface area contributed by atoms with Gasteiger partial charge in [-0.05, 0) is 44.5 Å². The van der Waals surface area contributed by atoms with E-state index in [2.05, 4.69) is 18.8 Å². The molecule has 0 heterocycles. The lowest BCUT2D eigenvalue weighted by molar-refractivity contribution is 0.429. The van der Waals surface area contributed by atoms with Crippen molar-refractivity contribution >= 4 is 23.6 Å². The Kier molecular flexibility index (Phi) is 5.61. The SMILES string of the molecule is Cc1cc(/N=C\N(C)C(C)C)c(Cl)cc1Oc1ccccc1F. The van der Waals surface area contributed by atoms with Crippen molar-refractivity contribution < 1.29 is 9.13 Å². The van der Waals surface area contributed by atoms with Crippen LogP contribution in [0.1, 0.15) is 19.4 Å². The van der Waals surface area contributed by atoms with Gasteiger partial charge in [-0.3, -0.25) is 0 Å². The topological polar surface area (TPSA) is 24.8 Å². The molecule has 23 heavy (non-hydrogen) atoms. The summed E-state index contributed by atoms with van der Waals surface area (Å²) in [7, 11) is 1.95. The summed E-state index contributed by atoms with van der Waals surface area (Å²) < 4.78 is 19.3. The van der Waals surface area contributed by atoms with Crippen molar-refractivity contribution in [3.05, 3.63) is 52.8 Å². The highest BCUT2D eigenvalue weighted by molar-refractivity contribution is 6.33. The summed E-state index contributed by atoms with van der Waals surface area (Å²) in [5.41, 5.74) is 1.48. The average Bonchev–Trinajstić information content (AvgIpc) is 2.50. The number of para-hydroxylation sites is 1. The summed E-state index contributed by atoms with van der Waals surface area (Å²) in [6.07, 6.45) is 1.74. The first-order valence-corrected chi connectivity index (χ1v) is 7.75. The Bertz CT molecular complexity index is 716. The third-order valence-electron chi connectivity index (χ3n) is 3.49. The first-order chi connectivity index (χ1) is 10.9. The van der Waals surface area contributed by atoms with E-state index >= 15 is 0 Å². The van der Waals surface area contributed by atoms with Gasteiger partial charge >= 0.3 is 0 Å². The first-order valence-electron chi connectivity index (χ1n) is 7.37. The Morgan fingerprint density at radius 2 is 1.91 bits per heavy atom. The molecular weight excluding hydrogens is 315 g/mol. The molecule has 0 radical (unpaired) electrons. The molecule has 0 amide bonds. The molecule has 0 aliphatic carbocycles. The van der Waals surface area contributed by atoms with Gasteiger partial charge in [0.05, 0.1) is 17.0 Å². The zero-order valence-electron chi connectivity index (χ0n) is 13.7. The molecule has 0 unspecified atom stereocenters. The van der Waals surface area contributed by atoms with Crippen LogP contribution >= 0.6 is 11.6 Å². The van der Waals surface area contributed by atoms with Crippen LogP contribution in [0.2, 0.25) is 5.02 Å². The van der Waals surface area contributed by atoms with Gasteiger partial charge in [0.1, 0.15) is 5.75 Å². The van der Waals surface area contributed by atoms with Crippen LogP contribution in [0, 0.1) is 12.7 Å². The minimum absolute atomic E-state index is 0.169. The van der Waals surface area contributed by atoms with Crippen molar-refractivity contribution in [2.24, 2.45) is 4.99 Å². The van der Waals surface area contributed by atoms with Gasteiger partial charge in [0.25, 0.3) is 0 Å². The van der Waals surface area contributed by atoms with Crippen molar-refractivity contribution in [2.75, 3.05) is 7.05 Å². The summed E-state index contributed by atoms with van der Waals surface area (Å²) in [5.74, 6) is 0.266. The standard InChI is InChI=1S/C18H20ClFN2O/c1-12(2)22(4)11-21-16-9-13(3)18(10-14(16)19)23-17-8-6-5-7-15(17)20/h5-12H,1-4H3/b21-11-. The van der Waals surface area contributed by atoms with Crippen LogP contribution in [-0.2, 0) is 0 Å². The fraction of sp³-hybridized carbons (Fsp3) is 0.278. The third kappa shape index (κ3) is 4.45. The fourth-order valence-electron chi connectivity index (χ4n) is 1.79. The largest absolute Gasteiger partial charge is 0.454 e. The quantitative estimate of drug-likeness (QED) is 0.526. The predicted octanol–water partition coefficient (Wildman–Crippen LogP) is 5.58. The predicted molar refractivity (Wildman–Crippen MR) is 93.7 cm³/mol. The van der Waals surface area contributed by atoms with Crippen LogP contribution in [0.5, 0.6) is 11.5 Å². The van der Waals surface area contributed by atoms with E-state index in [1.54, 1.807) is 30.6 Å². The minimum Gasteiger partial charge on any atom is -0.454 e. The number of benzene rings is 2. The molecule has 0 N–H and O–H groups in total. The van der Waals surface area contributed by atoms with Crippen molar-refractivity contribution in [2.45, 2.75) is 26.8 Å². The fourth-order valence-corrected chi connectivity index (χ4v) is 1.99. The molecule has 2 aromatic rings. The summed E-state index contributed by atoms with van der Waals surface area (Å²) in [5, 5.41) is 0.454. The summed E-state index contributed by atoms with van der Waals surface area (Å²) in [4.78, 5) is 6.37. The van der Waals surface area contributed by atoms with Gasteiger partial charge in [-0.2, -0.15) is 0 Å². The molecule has 0 saturated heterocycles. The number of aryl methyl sites for hydroxylation is 1. The van der Waals surface area contributed by atoms with Crippen LogP contribution in [0.4, 0.5) is 10.1 Å². The minimum atomic E-state index is -0.413. The zero-order chi connectivity index (χ0) is 17.0. The number of ether oxygens (including phenoxy) is 1.